The molecule has 4 heteroatoms. The van der Waals surface area contributed by atoms with Gasteiger partial charge in [0.1, 0.15) is 0 Å². The molecule has 3 nitrogen and oxygen atoms in total. The molecule has 0 heterocycles. The summed E-state index contributed by atoms with van der Waals surface area (Å²) in [6.45, 7) is 15.9. The van der Waals surface area contributed by atoms with E-state index in [-0.39, 0.29) is 0 Å². The molecule has 0 aromatic rings. The average molecular weight is 441 g/mol. The van der Waals surface area contributed by atoms with Gasteiger partial charge < -0.3 is 14.0 Å². The Hall–Kier alpha value is -0.0551. The highest BCUT2D eigenvalue weighted by molar-refractivity contribution is 6.36. The van der Waals surface area contributed by atoms with Crippen LogP contribution in [0, 0.1) is 17.8 Å². The van der Waals surface area contributed by atoms with Crippen molar-refractivity contribution in [2.75, 3.05) is 19.8 Å². The van der Waals surface area contributed by atoms with E-state index in [1.165, 1.54) is 96.3 Å². The van der Waals surface area contributed by atoms with E-state index in [0.717, 1.165) is 19.8 Å². The Labute approximate surface area is 196 Å². The topological polar surface area (TPSA) is 27.7 Å². The maximum atomic E-state index is 6.28. The van der Waals surface area contributed by atoms with Gasteiger partial charge in [-0.2, -0.15) is 0 Å². The molecule has 0 aromatic heterocycles. The van der Waals surface area contributed by atoms with Crippen LogP contribution in [-0.2, 0) is 14.0 Å². The highest BCUT2D eigenvalue weighted by atomic mass is 16.7. The van der Waals surface area contributed by atoms with Crippen LogP contribution in [0.15, 0.2) is 0 Å². The molecule has 0 aliphatic heterocycles. The van der Waals surface area contributed by atoms with Gasteiger partial charge in [0.2, 0.25) is 0 Å². The number of unbranched alkanes of at least 4 members (excludes halogenated alkanes) is 3. The van der Waals surface area contributed by atoms with Gasteiger partial charge in [0, 0.05) is 19.8 Å². The van der Waals surface area contributed by atoms with Gasteiger partial charge in [0.15, 0.2) is 0 Å². The Bertz CT molecular complexity index is 301. The first-order chi connectivity index (χ1) is 15.1. The summed E-state index contributed by atoms with van der Waals surface area (Å²) < 4.78 is 18.8. The van der Waals surface area contributed by atoms with Crippen molar-refractivity contribution >= 4 is 7.32 Å². The van der Waals surface area contributed by atoms with Crippen LogP contribution in [0.25, 0.3) is 0 Å². The van der Waals surface area contributed by atoms with Gasteiger partial charge in [-0.3, -0.25) is 0 Å². The fourth-order valence-corrected chi connectivity index (χ4v) is 4.42. The third-order valence-corrected chi connectivity index (χ3v) is 6.39. The summed E-state index contributed by atoms with van der Waals surface area (Å²) >= 11 is 0. The summed E-state index contributed by atoms with van der Waals surface area (Å²) in [5, 5.41) is 0. The fraction of sp³-hybridized carbons (Fsp3) is 1.00. The van der Waals surface area contributed by atoms with Gasteiger partial charge in [-0.1, -0.05) is 99.3 Å². The molecule has 0 N–H and O–H groups in total. The maximum absolute atomic E-state index is 6.28. The van der Waals surface area contributed by atoms with E-state index in [2.05, 4.69) is 41.5 Å². The molecular formula is C27H57BO3. The summed E-state index contributed by atoms with van der Waals surface area (Å²) in [5.74, 6) is 1.87. The summed E-state index contributed by atoms with van der Waals surface area (Å²) in [5.41, 5.74) is 0. The molecule has 3 atom stereocenters. The minimum absolute atomic E-state index is 0.497. The molecule has 0 aliphatic carbocycles. The maximum Gasteiger partial charge on any atom is 0.639 e. The largest absolute Gasteiger partial charge is 0.639 e. The van der Waals surface area contributed by atoms with Crippen LogP contribution in [-0.4, -0.2) is 27.1 Å². The smallest absolute Gasteiger partial charge is 0.386 e. The summed E-state index contributed by atoms with van der Waals surface area (Å²) in [6, 6.07) is 0. The molecule has 0 bridgehead atoms. The lowest BCUT2D eigenvalue weighted by Gasteiger charge is -2.24. The van der Waals surface area contributed by atoms with Gasteiger partial charge in [0.05, 0.1) is 0 Å². The van der Waals surface area contributed by atoms with Crippen LogP contribution in [0.4, 0.5) is 0 Å². The first-order valence-corrected chi connectivity index (χ1v) is 14.0. The molecular weight excluding hydrogens is 383 g/mol. The predicted molar refractivity (Wildman–Crippen MR) is 137 cm³/mol. The minimum Gasteiger partial charge on any atom is -0.386 e. The first-order valence-electron chi connectivity index (χ1n) is 14.0. The first kappa shape index (κ1) is 30.9. The van der Waals surface area contributed by atoms with Crippen molar-refractivity contribution < 1.29 is 14.0 Å². The SMILES string of the molecule is CCCCC(CCC)COB(OCC(CCC)CCCC)OCC(CCC)CCCC. The lowest BCUT2D eigenvalue weighted by molar-refractivity contribution is 0.0516. The Balaban J connectivity index is 4.86. The summed E-state index contributed by atoms with van der Waals surface area (Å²) in [4.78, 5) is 0. The van der Waals surface area contributed by atoms with E-state index in [4.69, 9.17) is 14.0 Å². The van der Waals surface area contributed by atoms with Crippen LogP contribution >= 0.6 is 0 Å². The van der Waals surface area contributed by atoms with Crippen molar-refractivity contribution in [2.45, 2.75) is 138 Å². The van der Waals surface area contributed by atoms with Crippen LogP contribution < -0.4 is 0 Å². The summed E-state index contributed by atoms with van der Waals surface area (Å²) in [7, 11) is -0.497. The normalized spacial score (nSPS) is 14.5. The zero-order valence-corrected chi connectivity index (χ0v) is 22.3. The number of hydrogen-bond donors (Lipinski definition) is 0. The Morgan fingerprint density at radius 1 is 0.419 bits per heavy atom. The zero-order valence-electron chi connectivity index (χ0n) is 22.3. The molecule has 0 amide bonds. The van der Waals surface area contributed by atoms with E-state index in [0.29, 0.717) is 17.8 Å². The lowest BCUT2D eigenvalue weighted by atomic mass is 9.96. The Kier molecular flexibility index (Phi) is 23.1. The highest BCUT2D eigenvalue weighted by Crippen LogP contribution is 2.20. The second kappa shape index (κ2) is 23.1. The van der Waals surface area contributed by atoms with E-state index in [1.54, 1.807) is 0 Å². The number of hydrogen-bond acceptors (Lipinski definition) is 3. The zero-order chi connectivity index (χ0) is 23.2. The van der Waals surface area contributed by atoms with Crippen molar-refractivity contribution in [1.29, 1.82) is 0 Å². The molecule has 0 rings (SSSR count). The molecule has 31 heavy (non-hydrogen) atoms. The Morgan fingerprint density at radius 2 is 0.710 bits per heavy atom. The highest BCUT2D eigenvalue weighted by Gasteiger charge is 2.26. The molecule has 0 radical (unpaired) electrons. The lowest BCUT2D eigenvalue weighted by Crippen LogP contribution is -2.33. The second-order valence-electron chi connectivity index (χ2n) is 9.68. The van der Waals surface area contributed by atoms with Gasteiger partial charge in [-0.15, -0.1) is 0 Å². The van der Waals surface area contributed by atoms with E-state index < -0.39 is 7.32 Å². The second-order valence-corrected chi connectivity index (χ2v) is 9.68. The molecule has 0 fully saturated rings. The number of rotatable bonds is 24. The molecule has 0 spiro atoms. The molecule has 3 unspecified atom stereocenters. The monoisotopic (exact) mass is 440 g/mol. The predicted octanol–water partition coefficient (Wildman–Crippen LogP) is 8.84. The van der Waals surface area contributed by atoms with Crippen LogP contribution in [0.1, 0.15) is 138 Å². The molecule has 0 saturated carbocycles. The van der Waals surface area contributed by atoms with Crippen LogP contribution in [0.5, 0.6) is 0 Å². The quantitative estimate of drug-likeness (QED) is 0.140. The van der Waals surface area contributed by atoms with Gasteiger partial charge >= 0.3 is 7.32 Å². The van der Waals surface area contributed by atoms with Crippen LogP contribution in [0.2, 0.25) is 0 Å². The van der Waals surface area contributed by atoms with E-state index in [1.807, 2.05) is 0 Å². The fourth-order valence-electron chi connectivity index (χ4n) is 4.42. The van der Waals surface area contributed by atoms with E-state index in [9.17, 15) is 0 Å². The standard InChI is InChI=1S/C27H57BO3/c1-7-13-19-25(16-10-4)22-29-28(30-23-26(17-11-5)20-14-8-2)31-24-27(18-12-6)21-15-9-3/h25-27H,7-24H2,1-6H3. The third kappa shape index (κ3) is 18.1. The van der Waals surface area contributed by atoms with Crippen molar-refractivity contribution in [3.8, 4) is 0 Å². The molecule has 0 aromatic carbocycles. The van der Waals surface area contributed by atoms with Crippen molar-refractivity contribution in [2.24, 2.45) is 17.8 Å². The van der Waals surface area contributed by atoms with Crippen LogP contribution in [0.3, 0.4) is 0 Å². The van der Waals surface area contributed by atoms with Crippen molar-refractivity contribution in [3.05, 3.63) is 0 Å². The van der Waals surface area contributed by atoms with Gasteiger partial charge in [0.25, 0.3) is 0 Å². The van der Waals surface area contributed by atoms with Crippen molar-refractivity contribution in [3.63, 3.8) is 0 Å². The minimum atomic E-state index is -0.497. The van der Waals surface area contributed by atoms with Crippen molar-refractivity contribution in [1.82, 2.24) is 0 Å². The van der Waals surface area contributed by atoms with Gasteiger partial charge in [-0.25, -0.2) is 0 Å². The molecule has 0 aliphatic rings. The Morgan fingerprint density at radius 3 is 0.935 bits per heavy atom. The molecule has 0 saturated heterocycles. The molecule has 186 valence electrons. The average Bonchev–Trinajstić information content (AvgIpc) is 2.78. The summed E-state index contributed by atoms with van der Waals surface area (Å²) in [6.07, 6.45) is 18.7. The van der Waals surface area contributed by atoms with Gasteiger partial charge in [-0.05, 0) is 56.3 Å². The third-order valence-electron chi connectivity index (χ3n) is 6.39. The van der Waals surface area contributed by atoms with E-state index >= 15 is 0 Å².